The predicted octanol–water partition coefficient (Wildman–Crippen LogP) is 0.859. The number of piperazine rings is 1. The molecule has 90 valence electrons. The number of ether oxygens (including phenoxy) is 1. The van der Waals surface area contributed by atoms with Crippen molar-refractivity contribution in [1.82, 2.24) is 10.2 Å². The lowest BCUT2D eigenvalue weighted by Gasteiger charge is -2.31. The Hall–Kier alpha value is -0.330. The molecular weight excluding hydrogens is 209 g/mol. The molecule has 15 heavy (non-hydrogen) atoms. The molecule has 0 aromatic carbocycles. The smallest absolute Gasteiger partial charge is 0.371 e. The largest absolute Gasteiger partial charge is 0.411 e. The molecule has 1 fully saturated rings. The van der Waals surface area contributed by atoms with Gasteiger partial charge >= 0.3 is 6.18 Å². The molecule has 0 spiro atoms. The van der Waals surface area contributed by atoms with E-state index < -0.39 is 12.8 Å². The summed E-state index contributed by atoms with van der Waals surface area (Å²) in [5.41, 5.74) is 0. The topological polar surface area (TPSA) is 24.5 Å². The molecule has 0 amide bonds. The first-order valence-electron chi connectivity index (χ1n) is 5.07. The van der Waals surface area contributed by atoms with Gasteiger partial charge in [-0.15, -0.1) is 0 Å². The summed E-state index contributed by atoms with van der Waals surface area (Å²) < 4.78 is 39.8. The number of hydrogen-bond acceptors (Lipinski definition) is 3. The van der Waals surface area contributed by atoms with Crippen LogP contribution in [0.15, 0.2) is 0 Å². The lowest BCUT2D eigenvalue weighted by molar-refractivity contribution is -0.174. The van der Waals surface area contributed by atoms with Crippen molar-refractivity contribution >= 4 is 0 Å². The Morgan fingerprint density at radius 1 is 1.47 bits per heavy atom. The van der Waals surface area contributed by atoms with Gasteiger partial charge in [-0.25, -0.2) is 0 Å². The van der Waals surface area contributed by atoms with Crippen molar-refractivity contribution < 1.29 is 17.9 Å². The second kappa shape index (κ2) is 5.67. The summed E-state index contributed by atoms with van der Waals surface area (Å²) >= 11 is 0. The van der Waals surface area contributed by atoms with Crippen molar-refractivity contribution in [3.63, 3.8) is 0 Å². The van der Waals surface area contributed by atoms with Crippen LogP contribution in [0.5, 0.6) is 0 Å². The van der Waals surface area contributed by atoms with Gasteiger partial charge in [0, 0.05) is 32.2 Å². The number of rotatable bonds is 4. The highest BCUT2D eigenvalue weighted by atomic mass is 19.4. The fourth-order valence-corrected chi connectivity index (χ4v) is 1.60. The minimum absolute atomic E-state index is 0.145. The third-order valence-corrected chi connectivity index (χ3v) is 2.27. The standard InChI is InChI=1S/C9H17F3N2O/c1-8-6-14(3-2-13-8)4-5-15-7-9(10,11)12/h8,13H,2-7H2,1H3/t8-/m1/s1. The molecule has 6 heteroatoms. The first-order valence-corrected chi connectivity index (χ1v) is 5.07. The van der Waals surface area contributed by atoms with E-state index in [4.69, 9.17) is 0 Å². The molecule has 1 heterocycles. The second-order valence-corrected chi connectivity index (χ2v) is 3.82. The zero-order valence-electron chi connectivity index (χ0n) is 8.81. The van der Waals surface area contributed by atoms with E-state index in [0.717, 1.165) is 19.6 Å². The van der Waals surface area contributed by atoms with Gasteiger partial charge in [0.2, 0.25) is 0 Å². The molecule has 0 radical (unpaired) electrons. The summed E-state index contributed by atoms with van der Waals surface area (Å²) in [4.78, 5) is 2.11. The molecule has 1 aliphatic heterocycles. The third-order valence-electron chi connectivity index (χ3n) is 2.27. The van der Waals surface area contributed by atoms with E-state index in [1.807, 2.05) is 0 Å². The molecule has 1 atom stereocenters. The van der Waals surface area contributed by atoms with Crippen molar-refractivity contribution in [3.05, 3.63) is 0 Å². The van der Waals surface area contributed by atoms with Gasteiger partial charge in [-0.1, -0.05) is 0 Å². The maximum atomic E-state index is 11.7. The zero-order chi connectivity index (χ0) is 11.3. The van der Waals surface area contributed by atoms with E-state index in [1.165, 1.54) is 0 Å². The molecule has 1 saturated heterocycles. The average Bonchev–Trinajstić information content (AvgIpc) is 2.11. The molecule has 0 aromatic rings. The van der Waals surface area contributed by atoms with Gasteiger partial charge in [-0.2, -0.15) is 13.2 Å². The van der Waals surface area contributed by atoms with Gasteiger partial charge in [0.15, 0.2) is 0 Å². The van der Waals surface area contributed by atoms with Gasteiger partial charge in [-0.05, 0) is 6.92 Å². The van der Waals surface area contributed by atoms with E-state index in [-0.39, 0.29) is 6.61 Å². The third kappa shape index (κ3) is 5.96. The number of nitrogens with one attached hydrogen (secondary N) is 1. The average molecular weight is 226 g/mol. The quantitative estimate of drug-likeness (QED) is 0.719. The number of alkyl halides is 3. The van der Waals surface area contributed by atoms with Crippen LogP contribution in [0.3, 0.4) is 0 Å². The first kappa shape index (κ1) is 12.7. The highest BCUT2D eigenvalue weighted by molar-refractivity contribution is 4.74. The lowest BCUT2D eigenvalue weighted by Crippen LogP contribution is -2.50. The number of halogens is 3. The van der Waals surface area contributed by atoms with Gasteiger partial charge < -0.3 is 10.1 Å². The molecule has 0 aromatic heterocycles. The van der Waals surface area contributed by atoms with Crippen LogP contribution in [0.25, 0.3) is 0 Å². The SMILES string of the molecule is C[C@@H]1CN(CCOCC(F)(F)F)CCN1. The first-order chi connectivity index (χ1) is 6.97. The van der Waals surface area contributed by atoms with Gasteiger partial charge in [0.25, 0.3) is 0 Å². The van der Waals surface area contributed by atoms with Crippen LogP contribution in [0.1, 0.15) is 6.92 Å². The molecule has 0 unspecified atom stereocenters. The van der Waals surface area contributed by atoms with Crippen LogP contribution >= 0.6 is 0 Å². The van der Waals surface area contributed by atoms with Gasteiger partial charge in [-0.3, -0.25) is 4.90 Å². The maximum absolute atomic E-state index is 11.7. The summed E-state index contributed by atoms with van der Waals surface area (Å²) in [7, 11) is 0. The monoisotopic (exact) mass is 226 g/mol. The summed E-state index contributed by atoms with van der Waals surface area (Å²) in [5, 5.41) is 3.26. The lowest BCUT2D eigenvalue weighted by atomic mass is 10.2. The molecule has 0 aliphatic carbocycles. The summed E-state index contributed by atoms with van der Waals surface area (Å²) in [6.45, 7) is 4.27. The molecular formula is C9H17F3N2O. The fourth-order valence-electron chi connectivity index (χ4n) is 1.60. The summed E-state index contributed by atoms with van der Waals surface area (Å²) in [6, 6.07) is 0.404. The highest BCUT2D eigenvalue weighted by Crippen LogP contribution is 2.14. The number of hydrogen-bond donors (Lipinski definition) is 1. The summed E-state index contributed by atoms with van der Waals surface area (Å²) in [6.07, 6.45) is -4.21. The Kier molecular flexibility index (Phi) is 4.82. The van der Waals surface area contributed by atoms with Crippen molar-refractivity contribution in [2.45, 2.75) is 19.1 Å². The Labute approximate surface area is 87.6 Å². The van der Waals surface area contributed by atoms with Crippen LogP contribution in [0.2, 0.25) is 0 Å². The van der Waals surface area contributed by atoms with Gasteiger partial charge in [0.1, 0.15) is 6.61 Å². The van der Waals surface area contributed by atoms with Crippen LogP contribution in [0, 0.1) is 0 Å². The normalized spacial score (nSPS) is 24.4. The molecule has 3 nitrogen and oxygen atoms in total. The molecule has 1 aliphatic rings. The Balaban J connectivity index is 2.04. The predicted molar refractivity (Wildman–Crippen MR) is 50.8 cm³/mol. The summed E-state index contributed by atoms with van der Waals surface area (Å²) in [5.74, 6) is 0. The van der Waals surface area contributed by atoms with E-state index in [0.29, 0.717) is 12.6 Å². The van der Waals surface area contributed by atoms with Crippen LogP contribution in [-0.4, -0.2) is 56.5 Å². The van der Waals surface area contributed by atoms with Gasteiger partial charge in [0.05, 0.1) is 6.61 Å². The van der Waals surface area contributed by atoms with Crippen LogP contribution < -0.4 is 5.32 Å². The molecule has 1 N–H and O–H groups in total. The Morgan fingerprint density at radius 2 is 2.20 bits per heavy atom. The van der Waals surface area contributed by atoms with Crippen LogP contribution in [0.4, 0.5) is 13.2 Å². The van der Waals surface area contributed by atoms with E-state index in [1.54, 1.807) is 0 Å². The minimum atomic E-state index is -4.21. The Morgan fingerprint density at radius 3 is 2.80 bits per heavy atom. The van der Waals surface area contributed by atoms with Crippen LogP contribution in [-0.2, 0) is 4.74 Å². The minimum Gasteiger partial charge on any atom is -0.371 e. The van der Waals surface area contributed by atoms with Crippen molar-refractivity contribution in [3.8, 4) is 0 Å². The number of nitrogens with zero attached hydrogens (tertiary/aromatic N) is 1. The fraction of sp³-hybridized carbons (Fsp3) is 1.00. The van der Waals surface area contributed by atoms with E-state index >= 15 is 0 Å². The van der Waals surface area contributed by atoms with Crippen molar-refractivity contribution in [2.24, 2.45) is 0 Å². The highest BCUT2D eigenvalue weighted by Gasteiger charge is 2.27. The molecule has 1 rings (SSSR count). The van der Waals surface area contributed by atoms with E-state index in [9.17, 15) is 13.2 Å². The maximum Gasteiger partial charge on any atom is 0.411 e. The molecule has 0 saturated carbocycles. The Bertz CT molecular complexity index is 187. The molecule has 0 bridgehead atoms. The van der Waals surface area contributed by atoms with Crippen molar-refractivity contribution in [2.75, 3.05) is 39.4 Å². The van der Waals surface area contributed by atoms with Crippen molar-refractivity contribution in [1.29, 1.82) is 0 Å². The second-order valence-electron chi connectivity index (χ2n) is 3.82. The zero-order valence-corrected chi connectivity index (χ0v) is 8.81. The van der Waals surface area contributed by atoms with E-state index in [2.05, 4.69) is 21.9 Å².